The Kier molecular flexibility index (Phi) is 7.20. The predicted molar refractivity (Wildman–Crippen MR) is 121 cm³/mol. The van der Waals surface area contributed by atoms with E-state index in [1.165, 1.54) is 19.3 Å². The molecule has 0 unspecified atom stereocenters. The molecule has 0 aliphatic carbocycles. The maximum absolute atomic E-state index is 12.4. The van der Waals surface area contributed by atoms with Crippen LogP contribution in [-0.4, -0.2) is 39.3 Å². The maximum Gasteiger partial charge on any atom is 0.241 e. The van der Waals surface area contributed by atoms with Gasteiger partial charge in [-0.2, -0.15) is 0 Å². The summed E-state index contributed by atoms with van der Waals surface area (Å²) in [6, 6.07) is 14.2. The molecule has 8 heteroatoms. The lowest BCUT2D eigenvalue weighted by Gasteiger charge is -2.28. The van der Waals surface area contributed by atoms with Gasteiger partial charge in [0.1, 0.15) is 11.5 Å². The van der Waals surface area contributed by atoms with Gasteiger partial charge >= 0.3 is 0 Å². The van der Waals surface area contributed by atoms with E-state index in [4.69, 9.17) is 4.74 Å². The zero-order chi connectivity index (χ0) is 21.6. The molecule has 0 spiro atoms. The number of amides is 1. The fraction of sp³-hybridized carbons (Fsp3) is 0.409. The number of carbonyl (C=O) groups excluding carboxylic acids is 1. The van der Waals surface area contributed by atoms with Gasteiger partial charge in [-0.25, -0.2) is 8.42 Å². The molecule has 1 saturated heterocycles. The standard InChI is InChI=1S/C22H29N3O4S/c1-17(2)29-21-9-5-4-8-20(21)23-22(26)16-30(27,28)24-18-10-12-19(13-11-18)25-14-6-3-7-15-25/h4-5,8-13,17,24H,3,6-7,14-16H2,1-2H3,(H,23,26). The minimum absolute atomic E-state index is 0.0682. The molecule has 2 aromatic carbocycles. The molecule has 1 amide bonds. The van der Waals surface area contributed by atoms with Crippen LogP contribution in [0.1, 0.15) is 33.1 Å². The average molecular weight is 432 g/mol. The number of nitrogens with zero attached hydrogens (tertiary/aromatic N) is 1. The van der Waals surface area contributed by atoms with Crippen molar-refractivity contribution < 1.29 is 17.9 Å². The Morgan fingerprint density at radius 1 is 1.03 bits per heavy atom. The summed E-state index contributed by atoms with van der Waals surface area (Å²) in [7, 11) is -3.84. The Labute approximate surface area is 178 Å². The predicted octanol–water partition coefficient (Wildman–Crippen LogP) is 3.84. The molecule has 2 aromatic rings. The Bertz CT molecular complexity index is 953. The molecule has 0 radical (unpaired) electrons. The van der Waals surface area contributed by atoms with Gasteiger partial charge in [0.05, 0.1) is 11.8 Å². The van der Waals surface area contributed by atoms with Crippen LogP contribution in [0.3, 0.4) is 0 Å². The highest BCUT2D eigenvalue weighted by Gasteiger charge is 2.18. The third-order valence-corrected chi connectivity index (χ3v) is 5.90. The van der Waals surface area contributed by atoms with E-state index in [9.17, 15) is 13.2 Å². The second-order valence-corrected chi connectivity index (χ2v) is 9.39. The van der Waals surface area contributed by atoms with Crippen molar-refractivity contribution in [3.63, 3.8) is 0 Å². The molecule has 162 valence electrons. The molecule has 0 saturated carbocycles. The summed E-state index contributed by atoms with van der Waals surface area (Å²) in [6.45, 7) is 5.80. The number of anilines is 3. The number of nitrogens with one attached hydrogen (secondary N) is 2. The highest BCUT2D eigenvalue weighted by atomic mass is 32.2. The average Bonchev–Trinajstić information content (AvgIpc) is 2.69. The van der Waals surface area contributed by atoms with E-state index in [2.05, 4.69) is 14.9 Å². The van der Waals surface area contributed by atoms with Gasteiger partial charge in [0.25, 0.3) is 0 Å². The molecule has 1 heterocycles. The molecule has 3 rings (SSSR count). The van der Waals surface area contributed by atoms with Crippen LogP contribution in [0.2, 0.25) is 0 Å². The van der Waals surface area contributed by atoms with Crippen molar-refractivity contribution in [3.05, 3.63) is 48.5 Å². The fourth-order valence-corrected chi connectivity index (χ4v) is 4.38. The van der Waals surface area contributed by atoms with Gasteiger partial charge in [-0.1, -0.05) is 12.1 Å². The van der Waals surface area contributed by atoms with E-state index in [1.54, 1.807) is 36.4 Å². The van der Waals surface area contributed by atoms with E-state index in [-0.39, 0.29) is 6.10 Å². The van der Waals surface area contributed by atoms with Crippen molar-refractivity contribution in [1.29, 1.82) is 0 Å². The minimum atomic E-state index is -3.84. The van der Waals surface area contributed by atoms with Gasteiger partial charge in [0.2, 0.25) is 15.9 Å². The summed E-state index contributed by atoms with van der Waals surface area (Å²) in [4.78, 5) is 14.6. The molecule has 1 aliphatic rings. The first-order valence-corrected chi connectivity index (χ1v) is 11.9. The summed E-state index contributed by atoms with van der Waals surface area (Å²) in [6.07, 6.45) is 3.54. The molecule has 0 atom stereocenters. The van der Waals surface area contributed by atoms with Crippen molar-refractivity contribution in [2.45, 2.75) is 39.2 Å². The Morgan fingerprint density at radius 3 is 2.37 bits per heavy atom. The Hall–Kier alpha value is -2.74. The van der Waals surface area contributed by atoms with Gasteiger partial charge in [0, 0.05) is 24.5 Å². The van der Waals surface area contributed by atoms with E-state index < -0.39 is 21.7 Å². The maximum atomic E-state index is 12.4. The molecular weight excluding hydrogens is 402 g/mol. The molecule has 1 fully saturated rings. The van der Waals surface area contributed by atoms with E-state index in [0.29, 0.717) is 17.1 Å². The fourth-order valence-electron chi connectivity index (χ4n) is 3.39. The lowest BCUT2D eigenvalue weighted by atomic mass is 10.1. The zero-order valence-electron chi connectivity index (χ0n) is 17.4. The molecule has 0 bridgehead atoms. The van der Waals surface area contributed by atoms with Gasteiger partial charge in [-0.05, 0) is 69.5 Å². The quantitative estimate of drug-likeness (QED) is 0.663. The van der Waals surface area contributed by atoms with Crippen molar-refractivity contribution in [1.82, 2.24) is 0 Å². The first kappa shape index (κ1) is 22.0. The topological polar surface area (TPSA) is 87.7 Å². The normalized spacial score (nSPS) is 14.4. The van der Waals surface area contributed by atoms with Crippen molar-refractivity contribution in [2.75, 3.05) is 33.8 Å². The van der Waals surface area contributed by atoms with Crippen LogP contribution in [0.4, 0.5) is 17.1 Å². The smallest absolute Gasteiger partial charge is 0.241 e. The first-order valence-electron chi connectivity index (χ1n) is 10.2. The molecule has 1 aliphatic heterocycles. The third-order valence-electron chi connectivity index (χ3n) is 4.71. The second-order valence-electron chi connectivity index (χ2n) is 7.67. The first-order chi connectivity index (χ1) is 14.3. The second kappa shape index (κ2) is 9.84. The van der Waals surface area contributed by atoms with Gasteiger partial charge in [0.15, 0.2) is 0 Å². The molecular formula is C22H29N3O4S. The summed E-state index contributed by atoms with van der Waals surface area (Å²) < 4.78 is 33.0. The number of para-hydroxylation sites is 2. The number of sulfonamides is 1. The zero-order valence-corrected chi connectivity index (χ0v) is 18.2. The van der Waals surface area contributed by atoms with Crippen LogP contribution in [0, 0.1) is 0 Å². The number of hydrogen-bond acceptors (Lipinski definition) is 5. The van der Waals surface area contributed by atoms with Crippen LogP contribution >= 0.6 is 0 Å². The summed E-state index contributed by atoms with van der Waals surface area (Å²) >= 11 is 0. The number of carbonyl (C=O) groups is 1. The van der Waals surface area contributed by atoms with Crippen LogP contribution in [0.15, 0.2) is 48.5 Å². The molecule has 30 heavy (non-hydrogen) atoms. The number of rotatable bonds is 8. The van der Waals surface area contributed by atoms with Crippen LogP contribution < -0.4 is 19.7 Å². The van der Waals surface area contributed by atoms with Gasteiger partial charge < -0.3 is 15.0 Å². The molecule has 0 aromatic heterocycles. The van der Waals surface area contributed by atoms with Gasteiger partial charge in [-0.15, -0.1) is 0 Å². The van der Waals surface area contributed by atoms with Crippen LogP contribution in [0.25, 0.3) is 0 Å². The number of piperidine rings is 1. The number of benzene rings is 2. The monoisotopic (exact) mass is 431 g/mol. The van der Waals surface area contributed by atoms with Crippen molar-refractivity contribution >= 4 is 33.0 Å². The van der Waals surface area contributed by atoms with Crippen molar-refractivity contribution in [2.24, 2.45) is 0 Å². The third kappa shape index (κ3) is 6.38. The highest BCUT2D eigenvalue weighted by molar-refractivity contribution is 7.93. The SMILES string of the molecule is CC(C)Oc1ccccc1NC(=O)CS(=O)(=O)Nc1ccc(N2CCCCC2)cc1. The van der Waals surface area contributed by atoms with E-state index >= 15 is 0 Å². The van der Waals surface area contributed by atoms with Gasteiger partial charge in [-0.3, -0.25) is 9.52 Å². The van der Waals surface area contributed by atoms with E-state index in [0.717, 1.165) is 18.8 Å². The highest BCUT2D eigenvalue weighted by Crippen LogP contribution is 2.25. The number of ether oxygens (including phenoxy) is 1. The Morgan fingerprint density at radius 2 is 1.70 bits per heavy atom. The largest absolute Gasteiger partial charge is 0.489 e. The number of hydrogen-bond donors (Lipinski definition) is 2. The van der Waals surface area contributed by atoms with E-state index in [1.807, 2.05) is 26.0 Å². The summed E-state index contributed by atoms with van der Waals surface area (Å²) in [5.41, 5.74) is 1.96. The van der Waals surface area contributed by atoms with Crippen molar-refractivity contribution in [3.8, 4) is 5.75 Å². The summed E-state index contributed by atoms with van der Waals surface area (Å²) in [5.74, 6) is -0.816. The Balaban J connectivity index is 1.59. The molecule has 2 N–H and O–H groups in total. The lowest BCUT2D eigenvalue weighted by Crippen LogP contribution is -2.29. The lowest BCUT2D eigenvalue weighted by molar-refractivity contribution is -0.113. The minimum Gasteiger partial charge on any atom is -0.489 e. The van der Waals surface area contributed by atoms with Crippen LogP contribution in [-0.2, 0) is 14.8 Å². The van der Waals surface area contributed by atoms with Crippen LogP contribution in [0.5, 0.6) is 5.75 Å². The molecule has 7 nitrogen and oxygen atoms in total. The summed E-state index contributed by atoms with van der Waals surface area (Å²) in [5, 5.41) is 2.62.